The fourth-order valence-corrected chi connectivity index (χ4v) is 3.46. The molecular formula is C19H14N4O4S. The molecule has 0 saturated heterocycles. The Kier molecular flexibility index (Phi) is 6.34. The normalized spacial score (nSPS) is 11.8. The molecule has 0 N–H and O–H groups in total. The van der Waals surface area contributed by atoms with Crippen molar-refractivity contribution in [3.05, 3.63) is 58.5 Å². The Morgan fingerprint density at radius 2 is 1.54 bits per heavy atom. The van der Waals surface area contributed by atoms with Crippen LogP contribution in [0.2, 0.25) is 0 Å². The number of nitrogens with zero attached hydrogens (tertiary/aromatic N) is 4. The zero-order valence-electron chi connectivity index (χ0n) is 14.9. The number of benzene rings is 2. The van der Waals surface area contributed by atoms with Crippen LogP contribution in [0.25, 0.3) is 0 Å². The number of carbonyl (C=O) groups excluding carboxylic acids is 1. The summed E-state index contributed by atoms with van der Waals surface area (Å²) in [4.78, 5) is 24.4. The van der Waals surface area contributed by atoms with Gasteiger partial charge in [0.2, 0.25) is 0 Å². The van der Waals surface area contributed by atoms with E-state index in [1.807, 2.05) is 0 Å². The maximum absolute atomic E-state index is 12.8. The molecule has 1 unspecified atom stereocenters. The number of hydrogen-bond donors (Lipinski definition) is 0. The van der Waals surface area contributed by atoms with Crippen LogP contribution in [0.1, 0.15) is 22.0 Å². The molecule has 0 aliphatic heterocycles. The fourth-order valence-electron chi connectivity index (χ4n) is 2.48. The SMILES string of the molecule is COc1ccc(C(=O)C(N=O)c2ccc(S(C#N)(C#N)C#N)cc2)cc1OC. The topological polar surface area (TPSA) is 136 Å². The number of thiocyanates is 3. The van der Waals surface area contributed by atoms with Crippen LogP contribution < -0.4 is 9.47 Å². The summed E-state index contributed by atoms with van der Waals surface area (Å²) >= 11 is 0. The molecule has 0 aliphatic rings. The molecule has 0 aromatic heterocycles. The number of carbonyl (C=O) groups is 1. The van der Waals surface area contributed by atoms with E-state index >= 15 is 0 Å². The van der Waals surface area contributed by atoms with Gasteiger partial charge in [-0.1, -0.05) is 17.3 Å². The molecule has 0 saturated carbocycles. The summed E-state index contributed by atoms with van der Waals surface area (Å²) in [5, 5.41) is 35.7. The zero-order chi connectivity index (χ0) is 20.7. The van der Waals surface area contributed by atoms with Crippen molar-refractivity contribution in [2.75, 3.05) is 14.2 Å². The van der Waals surface area contributed by atoms with Gasteiger partial charge in [0.05, 0.1) is 24.2 Å². The molecule has 0 bridgehead atoms. The first-order chi connectivity index (χ1) is 13.5. The maximum Gasteiger partial charge on any atom is 0.195 e. The summed E-state index contributed by atoms with van der Waals surface area (Å²) in [5.41, 5.74) is 0.484. The Morgan fingerprint density at radius 3 is 2.00 bits per heavy atom. The zero-order valence-corrected chi connectivity index (χ0v) is 15.8. The van der Waals surface area contributed by atoms with Gasteiger partial charge in [0.15, 0.2) is 23.3 Å². The highest BCUT2D eigenvalue weighted by Gasteiger charge is 2.28. The first kappa shape index (κ1) is 20.4. The first-order valence-corrected chi connectivity index (χ1v) is 9.38. The molecule has 0 fully saturated rings. The second-order valence-corrected chi connectivity index (χ2v) is 7.64. The number of rotatable bonds is 7. The summed E-state index contributed by atoms with van der Waals surface area (Å²) in [5.74, 6) is 0.213. The molecule has 2 rings (SSSR count). The third kappa shape index (κ3) is 3.64. The van der Waals surface area contributed by atoms with E-state index in [2.05, 4.69) is 5.18 Å². The van der Waals surface area contributed by atoms with Crippen molar-refractivity contribution in [1.29, 1.82) is 15.8 Å². The van der Waals surface area contributed by atoms with Gasteiger partial charge in [0.25, 0.3) is 0 Å². The van der Waals surface area contributed by atoms with E-state index in [4.69, 9.17) is 9.47 Å². The maximum atomic E-state index is 12.8. The second-order valence-electron chi connectivity index (χ2n) is 5.40. The predicted octanol–water partition coefficient (Wildman–Crippen LogP) is 4.00. The van der Waals surface area contributed by atoms with E-state index in [1.54, 1.807) is 22.3 Å². The smallest absolute Gasteiger partial charge is 0.195 e. The van der Waals surface area contributed by atoms with Crippen LogP contribution in [0.4, 0.5) is 0 Å². The van der Waals surface area contributed by atoms with Crippen LogP contribution in [0.5, 0.6) is 11.5 Å². The second kappa shape index (κ2) is 8.68. The molecule has 0 heterocycles. The standard InChI is InChI=1S/C19H14N4O4S/c1-26-16-8-5-14(9-17(16)27-2)19(24)18(23-25)13-3-6-15(7-4-13)28(10-20,11-21)12-22/h3-9,18H,1-2H3. The number of Topliss-reactive ketones (excluding diaryl/α,β-unsaturated/α-hetero) is 1. The Hall–Kier alpha value is -3.87. The lowest BCUT2D eigenvalue weighted by Crippen LogP contribution is -2.11. The number of hydrogen-bond acceptors (Lipinski definition) is 8. The van der Waals surface area contributed by atoms with Gasteiger partial charge in [-0.25, -0.2) is 0 Å². The van der Waals surface area contributed by atoms with Gasteiger partial charge >= 0.3 is 0 Å². The molecule has 2 aromatic rings. The van der Waals surface area contributed by atoms with Crippen LogP contribution in [-0.2, 0) is 0 Å². The molecule has 0 aliphatic carbocycles. The van der Waals surface area contributed by atoms with Crippen molar-refractivity contribution in [3.8, 4) is 27.7 Å². The Morgan fingerprint density at radius 1 is 0.964 bits per heavy atom. The first-order valence-electron chi connectivity index (χ1n) is 7.74. The lowest BCUT2D eigenvalue weighted by Gasteiger charge is -2.16. The highest BCUT2D eigenvalue weighted by Crippen LogP contribution is 2.52. The molecule has 0 amide bonds. The number of ether oxygens (including phenoxy) is 2. The lowest BCUT2D eigenvalue weighted by molar-refractivity contribution is 0.0961. The van der Waals surface area contributed by atoms with Crippen molar-refractivity contribution in [1.82, 2.24) is 0 Å². The van der Waals surface area contributed by atoms with Gasteiger partial charge in [-0.05, 0) is 35.9 Å². The number of ketones is 1. The minimum Gasteiger partial charge on any atom is -0.493 e. The third-order valence-corrected chi connectivity index (χ3v) is 5.78. The Balaban J connectivity index is 2.40. The summed E-state index contributed by atoms with van der Waals surface area (Å²) in [7, 11) is -0.0489. The van der Waals surface area contributed by atoms with Crippen molar-refractivity contribution >= 4 is 15.8 Å². The van der Waals surface area contributed by atoms with Crippen LogP contribution in [0.3, 0.4) is 0 Å². The van der Waals surface area contributed by atoms with Gasteiger partial charge in [0.1, 0.15) is 16.2 Å². The van der Waals surface area contributed by atoms with Crippen LogP contribution in [-0.4, -0.2) is 20.0 Å². The summed E-state index contributed by atoms with van der Waals surface area (Å²) in [6.45, 7) is 0. The third-order valence-electron chi connectivity index (χ3n) is 3.98. The summed E-state index contributed by atoms with van der Waals surface area (Å²) in [6.07, 6.45) is 0. The molecule has 0 spiro atoms. The molecule has 140 valence electrons. The highest BCUT2D eigenvalue weighted by molar-refractivity contribution is 8.44. The lowest BCUT2D eigenvalue weighted by atomic mass is 9.98. The molecule has 2 aromatic carbocycles. The average molecular weight is 394 g/mol. The van der Waals surface area contributed by atoms with Gasteiger partial charge in [-0.15, -0.1) is 4.91 Å². The van der Waals surface area contributed by atoms with Gasteiger partial charge in [-0.2, -0.15) is 15.8 Å². The number of methoxy groups -OCH3 is 2. The Bertz CT molecular complexity index is 996. The van der Waals surface area contributed by atoms with E-state index < -0.39 is 21.9 Å². The quantitative estimate of drug-likeness (QED) is 0.393. The fraction of sp³-hybridized carbons (Fsp3) is 0.158. The van der Waals surface area contributed by atoms with Crippen molar-refractivity contribution in [3.63, 3.8) is 0 Å². The van der Waals surface area contributed by atoms with E-state index in [-0.39, 0.29) is 16.0 Å². The van der Waals surface area contributed by atoms with Crippen LogP contribution in [0, 0.1) is 36.9 Å². The van der Waals surface area contributed by atoms with E-state index in [0.29, 0.717) is 11.5 Å². The van der Waals surface area contributed by atoms with Crippen molar-refractivity contribution in [2.24, 2.45) is 5.18 Å². The highest BCUT2D eigenvalue weighted by atomic mass is 32.3. The minimum absolute atomic E-state index is 0.206. The summed E-state index contributed by atoms with van der Waals surface area (Å²) < 4.78 is 10.3. The van der Waals surface area contributed by atoms with Gasteiger partial charge in [0, 0.05) is 10.5 Å². The van der Waals surface area contributed by atoms with Crippen molar-refractivity contribution in [2.45, 2.75) is 10.9 Å². The minimum atomic E-state index is -2.93. The number of nitroso groups, excluding NO2 is 1. The average Bonchev–Trinajstić information content (AvgIpc) is 2.76. The molecule has 9 heteroatoms. The largest absolute Gasteiger partial charge is 0.493 e. The van der Waals surface area contributed by atoms with Gasteiger partial charge in [-0.3, -0.25) is 4.79 Å². The molecule has 1 atom stereocenters. The Labute approximate surface area is 162 Å². The molecule has 0 radical (unpaired) electrons. The summed E-state index contributed by atoms with van der Waals surface area (Å²) in [6, 6.07) is 8.75. The van der Waals surface area contributed by atoms with Gasteiger partial charge < -0.3 is 9.47 Å². The molecule has 28 heavy (non-hydrogen) atoms. The van der Waals surface area contributed by atoms with E-state index in [9.17, 15) is 25.5 Å². The predicted molar refractivity (Wildman–Crippen MR) is 102 cm³/mol. The van der Waals surface area contributed by atoms with Crippen LogP contribution in [0.15, 0.2) is 52.5 Å². The van der Waals surface area contributed by atoms with E-state index in [1.165, 1.54) is 50.6 Å². The van der Waals surface area contributed by atoms with Crippen molar-refractivity contribution < 1.29 is 14.3 Å². The van der Waals surface area contributed by atoms with E-state index in [0.717, 1.165) is 0 Å². The number of nitriles is 3. The van der Waals surface area contributed by atoms with Crippen LogP contribution >= 0.6 is 10.0 Å². The molecule has 8 nitrogen and oxygen atoms in total. The monoisotopic (exact) mass is 394 g/mol. The molecular weight excluding hydrogens is 380 g/mol.